The molecule has 1 amide bonds. The van der Waals surface area contributed by atoms with Crippen LogP contribution in [-0.4, -0.2) is 20.7 Å². The van der Waals surface area contributed by atoms with Crippen LogP contribution >= 0.6 is 11.8 Å². The fourth-order valence-electron chi connectivity index (χ4n) is 3.47. The fourth-order valence-corrected chi connectivity index (χ4v) is 4.46. The number of benzene rings is 3. The maximum atomic E-state index is 13.1. The number of amides is 1. The van der Waals surface area contributed by atoms with Crippen molar-refractivity contribution >= 4 is 34.4 Å². The van der Waals surface area contributed by atoms with Gasteiger partial charge in [-0.05, 0) is 36.4 Å². The van der Waals surface area contributed by atoms with Crippen molar-refractivity contribution in [1.29, 1.82) is 5.26 Å². The number of para-hydroxylation sites is 4. The van der Waals surface area contributed by atoms with Crippen molar-refractivity contribution in [2.45, 2.75) is 36.6 Å². The SMILES string of the molecule is CC(CC#N)Sc1ccccc1NC(=O)Cn1c(COc2ccccc2)nc2ccccc21. The maximum Gasteiger partial charge on any atom is 0.244 e. The second-order valence-corrected chi connectivity index (χ2v) is 9.02. The van der Waals surface area contributed by atoms with Gasteiger partial charge in [0.1, 0.15) is 24.7 Å². The summed E-state index contributed by atoms with van der Waals surface area (Å²) in [5.41, 5.74) is 2.44. The highest BCUT2D eigenvalue weighted by Crippen LogP contribution is 2.31. The van der Waals surface area contributed by atoms with Gasteiger partial charge in [-0.2, -0.15) is 5.26 Å². The average Bonchev–Trinajstić information content (AvgIpc) is 3.17. The molecule has 6 nitrogen and oxygen atoms in total. The summed E-state index contributed by atoms with van der Waals surface area (Å²) in [5.74, 6) is 1.28. The van der Waals surface area contributed by atoms with Crippen LogP contribution in [-0.2, 0) is 17.9 Å². The lowest BCUT2D eigenvalue weighted by molar-refractivity contribution is -0.116. The third kappa shape index (κ3) is 5.73. The molecule has 166 valence electrons. The van der Waals surface area contributed by atoms with E-state index < -0.39 is 0 Å². The first kappa shape index (κ1) is 22.4. The number of nitrogens with one attached hydrogen (secondary N) is 1. The Morgan fingerprint density at radius 1 is 1.09 bits per heavy atom. The van der Waals surface area contributed by atoms with Crippen molar-refractivity contribution in [2.75, 3.05) is 5.32 Å². The van der Waals surface area contributed by atoms with E-state index in [4.69, 9.17) is 10.00 Å². The smallest absolute Gasteiger partial charge is 0.244 e. The second kappa shape index (κ2) is 10.7. The molecule has 0 radical (unpaired) electrons. The predicted octanol–water partition coefficient (Wildman–Crippen LogP) is 5.65. The van der Waals surface area contributed by atoms with E-state index in [0.717, 1.165) is 27.4 Å². The highest BCUT2D eigenvalue weighted by molar-refractivity contribution is 8.00. The molecule has 1 heterocycles. The molecule has 7 heteroatoms. The van der Waals surface area contributed by atoms with Gasteiger partial charge in [0.15, 0.2) is 0 Å². The average molecular weight is 457 g/mol. The molecular weight excluding hydrogens is 432 g/mol. The van der Waals surface area contributed by atoms with E-state index >= 15 is 0 Å². The normalized spacial score (nSPS) is 11.6. The Morgan fingerprint density at radius 3 is 2.64 bits per heavy atom. The topological polar surface area (TPSA) is 79.9 Å². The summed E-state index contributed by atoms with van der Waals surface area (Å²) in [7, 11) is 0. The molecule has 33 heavy (non-hydrogen) atoms. The third-order valence-corrected chi connectivity index (χ3v) is 6.19. The predicted molar refractivity (Wildman–Crippen MR) is 131 cm³/mol. The number of imidazole rings is 1. The molecular formula is C26H24N4O2S. The minimum atomic E-state index is -0.153. The van der Waals surface area contributed by atoms with E-state index in [9.17, 15) is 4.79 Å². The molecule has 0 aliphatic rings. The van der Waals surface area contributed by atoms with E-state index in [1.54, 1.807) is 11.8 Å². The van der Waals surface area contributed by atoms with Crippen LogP contribution in [0.5, 0.6) is 5.75 Å². The zero-order valence-corrected chi connectivity index (χ0v) is 19.1. The number of nitriles is 1. The van der Waals surface area contributed by atoms with Gasteiger partial charge in [0.25, 0.3) is 0 Å². The zero-order chi connectivity index (χ0) is 23.0. The van der Waals surface area contributed by atoms with E-state index in [-0.39, 0.29) is 24.3 Å². The van der Waals surface area contributed by atoms with E-state index in [1.807, 2.05) is 90.4 Å². The van der Waals surface area contributed by atoms with Crippen molar-refractivity contribution in [3.05, 3.63) is 84.7 Å². The van der Waals surface area contributed by atoms with E-state index in [0.29, 0.717) is 12.2 Å². The van der Waals surface area contributed by atoms with Crippen molar-refractivity contribution in [1.82, 2.24) is 9.55 Å². The summed E-state index contributed by atoms with van der Waals surface area (Å²) < 4.78 is 7.79. The maximum absolute atomic E-state index is 13.1. The minimum absolute atomic E-state index is 0.112. The van der Waals surface area contributed by atoms with Gasteiger partial charge < -0.3 is 14.6 Å². The number of rotatable bonds is 9. The van der Waals surface area contributed by atoms with Crippen LogP contribution in [0.2, 0.25) is 0 Å². The molecule has 1 unspecified atom stereocenters. The Hall–Kier alpha value is -3.76. The number of carbonyl (C=O) groups excluding carboxylic acids is 1. The summed E-state index contributed by atoms with van der Waals surface area (Å²) in [6.07, 6.45) is 0.443. The van der Waals surface area contributed by atoms with Crippen LogP contribution in [0.3, 0.4) is 0 Å². The first-order valence-corrected chi connectivity index (χ1v) is 11.6. The van der Waals surface area contributed by atoms with Crippen LogP contribution in [0.15, 0.2) is 83.8 Å². The summed E-state index contributed by atoms with van der Waals surface area (Å²) in [6, 6.07) is 27.1. The zero-order valence-electron chi connectivity index (χ0n) is 18.3. The molecule has 0 aliphatic carbocycles. The molecule has 0 bridgehead atoms. The highest BCUT2D eigenvalue weighted by atomic mass is 32.2. The highest BCUT2D eigenvalue weighted by Gasteiger charge is 2.16. The first-order valence-electron chi connectivity index (χ1n) is 10.7. The molecule has 0 saturated heterocycles. The summed E-state index contributed by atoms with van der Waals surface area (Å²) in [6.45, 7) is 2.37. The van der Waals surface area contributed by atoms with Gasteiger partial charge in [-0.25, -0.2) is 4.98 Å². The lowest BCUT2D eigenvalue weighted by atomic mass is 10.3. The quantitative estimate of drug-likeness (QED) is 0.329. The van der Waals surface area contributed by atoms with Gasteiger partial charge in [0.2, 0.25) is 5.91 Å². The Balaban J connectivity index is 1.53. The van der Waals surface area contributed by atoms with E-state index in [2.05, 4.69) is 16.4 Å². The molecule has 0 saturated carbocycles. The molecule has 0 fully saturated rings. The van der Waals surface area contributed by atoms with Crippen molar-refractivity contribution in [3.8, 4) is 11.8 Å². The first-order chi connectivity index (χ1) is 16.1. The van der Waals surface area contributed by atoms with Gasteiger partial charge in [-0.3, -0.25) is 4.79 Å². The molecule has 0 spiro atoms. The van der Waals surface area contributed by atoms with Gasteiger partial charge in [0, 0.05) is 16.6 Å². The number of thioether (sulfide) groups is 1. The lowest BCUT2D eigenvalue weighted by Gasteiger charge is -2.14. The second-order valence-electron chi connectivity index (χ2n) is 7.54. The Morgan fingerprint density at radius 2 is 1.82 bits per heavy atom. The number of carbonyl (C=O) groups is 1. The number of hydrogen-bond donors (Lipinski definition) is 1. The van der Waals surface area contributed by atoms with Crippen LogP contribution < -0.4 is 10.1 Å². The largest absolute Gasteiger partial charge is 0.486 e. The number of fused-ring (bicyclic) bond motifs is 1. The minimum Gasteiger partial charge on any atom is -0.486 e. The summed E-state index contributed by atoms with van der Waals surface area (Å²) >= 11 is 1.58. The molecule has 4 rings (SSSR count). The van der Waals surface area contributed by atoms with Gasteiger partial charge in [0.05, 0.1) is 22.8 Å². The third-order valence-electron chi connectivity index (χ3n) is 5.01. The van der Waals surface area contributed by atoms with Gasteiger partial charge >= 0.3 is 0 Å². The van der Waals surface area contributed by atoms with Crippen LogP contribution in [0.4, 0.5) is 5.69 Å². The summed E-state index contributed by atoms with van der Waals surface area (Å²) in [5, 5.41) is 12.1. The number of aromatic nitrogens is 2. The fraction of sp³-hybridized carbons (Fsp3) is 0.192. The molecule has 0 aliphatic heterocycles. The Kier molecular flexibility index (Phi) is 7.28. The molecule has 1 N–H and O–H groups in total. The molecule has 4 aromatic rings. The Labute approximate surface area is 197 Å². The van der Waals surface area contributed by atoms with Crippen LogP contribution in [0, 0.1) is 11.3 Å². The number of hydrogen-bond acceptors (Lipinski definition) is 5. The monoisotopic (exact) mass is 456 g/mol. The van der Waals surface area contributed by atoms with Crippen molar-refractivity contribution in [3.63, 3.8) is 0 Å². The number of ether oxygens (including phenoxy) is 1. The number of anilines is 1. The van der Waals surface area contributed by atoms with Crippen LogP contribution in [0.25, 0.3) is 11.0 Å². The molecule has 1 aromatic heterocycles. The van der Waals surface area contributed by atoms with Gasteiger partial charge in [-0.1, -0.05) is 49.4 Å². The summed E-state index contributed by atoms with van der Waals surface area (Å²) in [4.78, 5) is 18.7. The van der Waals surface area contributed by atoms with Crippen LogP contribution in [0.1, 0.15) is 19.2 Å². The standard InChI is InChI=1S/C26H24N4O2S/c1-19(15-16-27)33-24-14-8-6-12-22(24)29-26(31)17-30-23-13-7-5-11-21(23)28-25(30)18-32-20-9-3-2-4-10-20/h2-14,19H,15,17-18H2,1H3,(H,29,31). The van der Waals surface area contributed by atoms with Crippen molar-refractivity contribution < 1.29 is 9.53 Å². The molecule has 3 aromatic carbocycles. The van der Waals surface area contributed by atoms with Crippen molar-refractivity contribution in [2.24, 2.45) is 0 Å². The molecule has 1 atom stereocenters. The van der Waals surface area contributed by atoms with E-state index in [1.165, 1.54) is 0 Å². The Bertz CT molecular complexity index is 1280. The number of nitrogens with zero attached hydrogens (tertiary/aromatic N) is 3. The lowest BCUT2D eigenvalue weighted by Crippen LogP contribution is -2.21. The van der Waals surface area contributed by atoms with Gasteiger partial charge in [-0.15, -0.1) is 11.8 Å².